The van der Waals surface area contributed by atoms with E-state index in [-0.39, 0.29) is 30.3 Å². The number of amides is 2. The summed E-state index contributed by atoms with van der Waals surface area (Å²) in [7, 11) is -3.42. The van der Waals surface area contributed by atoms with Gasteiger partial charge in [0.25, 0.3) is 0 Å². The fourth-order valence-corrected chi connectivity index (χ4v) is 5.07. The fourth-order valence-electron chi connectivity index (χ4n) is 4.16. The van der Waals surface area contributed by atoms with Crippen molar-refractivity contribution in [3.8, 4) is 11.1 Å². The van der Waals surface area contributed by atoms with Crippen molar-refractivity contribution in [3.63, 3.8) is 0 Å². The number of aliphatic carboxylic acids is 1. The van der Waals surface area contributed by atoms with E-state index < -0.39 is 40.0 Å². The molecule has 1 heterocycles. The molecule has 44 heavy (non-hydrogen) atoms. The van der Waals surface area contributed by atoms with Gasteiger partial charge < -0.3 is 26.1 Å². The molecule has 0 bridgehead atoms. The summed E-state index contributed by atoms with van der Waals surface area (Å²) < 4.78 is 61.1. The number of carboxylic acids is 1. The highest BCUT2D eigenvalue weighted by Crippen LogP contribution is 2.28. The quantitative estimate of drug-likeness (QED) is 0.124. The highest BCUT2D eigenvalue weighted by atomic mass is 32.2. The van der Waals surface area contributed by atoms with Crippen molar-refractivity contribution >= 4 is 39.3 Å². The third-order valence-electron chi connectivity index (χ3n) is 6.22. The Balaban J connectivity index is 0.000000676. The number of anilines is 1. The van der Waals surface area contributed by atoms with Crippen LogP contribution in [0.25, 0.3) is 11.1 Å². The SMILES string of the molecule is CS(=O)(=O)c1ccccc1-c1ccc(NC(=O)C(Cc2cccc(/C(N)=N/O)c2)N2CCOC2=O)cc1.O=C(O)C(F)(F)F. The minimum absolute atomic E-state index is 0.0685. The Morgan fingerprint density at radius 3 is 2.27 bits per heavy atom. The zero-order valence-corrected chi connectivity index (χ0v) is 23.8. The van der Waals surface area contributed by atoms with Crippen molar-refractivity contribution in [3.05, 3.63) is 83.9 Å². The van der Waals surface area contributed by atoms with E-state index in [0.717, 1.165) is 6.26 Å². The van der Waals surface area contributed by atoms with Gasteiger partial charge in [0.2, 0.25) is 5.91 Å². The summed E-state index contributed by atoms with van der Waals surface area (Å²) in [5.74, 6) is -3.24. The van der Waals surface area contributed by atoms with Crippen LogP contribution in [0.5, 0.6) is 0 Å². The van der Waals surface area contributed by atoms with Gasteiger partial charge >= 0.3 is 18.2 Å². The van der Waals surface area contributed by atoms with Crippen LogP contribution < -0.4 is 11.1 Å². The van der Waals surface area contributed by atoms with Gasteiger partial charge in [-0.25, -0.2) is 18.0 Å². The smallest absolute Gasteiger partial charge is 0.475 e. The molecule has 0 aliphatic carbocycles. The van der Waals surface area contributed by atoms with E-state index in [1.807, 2.05) is 0 Å². The van der Waals surface area contributed by atoms with E-state index in [0.29, 0.717) is 27.9 Å². The number of hydrogen-bond acceptors (Lipinski definition) is 8. The molecule has 0 aromatic heterocycles. The molecule has 5 N–H and O–H groups in total. The molecular weight excluding hydrogens is 609 g/mol. The van der Waals surface area contributed by atoms with Crippen LogP contribution in [0.4, 0.5) is 23.7 Å². The normalized spacial score (nSPS) is 14.2. The molecule has 1 aliphatic heterocycles. The van der Waals surface area contributed by atoms with Crippen LogP contribution in [-0.4, -0.2) is 79.1 Å². The largest absolute Gasteiger partial charge is 0.490 e. The zero-order chi connectivity index (χ0) is 32.7. The summed E-state index contributed by atoms with van der Waals surface area (Å²) in [6.45, 7) is 0.444. The molecule has 16 heteroatoms. The number of hydrogen-bond donors (Lipinski definition) is 4. The van der Waals surface area contributed by atoms with Gasteiger partial charge in [-0.15, -0.1) is 0 Å². The molecule has 4 rings (SSSR count). The van der Waals surface area contributed by atoms with Crippen molar-refractivity contribution in [2.75, 3.05) is 24.7 Å². The Bertz CT molecular complexity index is 1660. The number of rotatable bonds is 8. The van der Waals surface area contributed by atoms with Crippen molar-refractivity contribution in [1.29, 1.82) is 0 Å². The first-order chi connectivity index (χ1) is 20.6. The van der Waals surface area contributed by atoms with E-state index in [2.05, 4.69) is 10.5 Å². The van der Waals surface area contributed by atoms with E-state index in [4.69, 9.17) is 25.6 Å². The van der Waals surface area contributed by atoms with Gasteiger partial charge in [-0.2, -0.15) is 13.2 Å². The summed E-state index contributed by atoms with van der Waals surface area (Å²) in [4.78, 5) is 36.1. The predicted molar refractivity (Wildman–Crippen MR) is 152 cm³/mol. The molecule has 3 aromatic carbocycles. The van der Waals surface area contributed by atoms with Gasteiger partial charge in [-0.3, -0.25) is 9.69 Å². The number of nitrogens with zero attached hydrogens (tertiary/aromatic N) is 2. The van der Waals surface area contributed by atoms with Crippen LogP contribution in [0.1, 0.15) is 11.1 Å². The topological polar surface area (TPSA) is 189 Å². The third-order valence-corrected chi connectivity index (χ3v) is 7.38. The van der Waals surface area contributed by atoms with Crippen molar-refractivity contribution < 1.29 is 51.0 Å². The van der Waals surface area contributed by atoms with Gasteiger partial charge in [-0.1, -0.05) is 53.7 Å². The van der Waals surface area contributed by atoms with E-state index in [9.17, 15) is 31.2 Å². The number of alkyl halides is 3. The average molecular weight is 637 g/mol. The lowest BCUT2D eigenvalue weighted by atomic mass is 10.0. The Morgan fingerprint density at radius 1 is 1.09 bits per heavy atom. The number of carbonyl (C=O) groups is 3. The average Bonchev–Trinajstić information content (AvgIpc) is 3.40. The number of sulfone groups is 1. The van der Waals surface area contributed by atoms with Gasteiger partial charge in [0.1, 0.15) is 12.6 Å². The second-order valence-electron chi connectivity index (χ2n) is 9.35. The predicted octanol–water partition coefficient (Wildman–Crippen LogP) is 3.49. The standard InChI is InChI=1S/C26H26N4O6S.C2HF3O2/c1-37(34,35)23-8-3-2-7-21(23)18-9-11-20(12-10-18)28-25(31)22(30-13-14-36-26(30)32)16-17-5-4-6-19(15-17)24(27)29-33;3-2(4,5)1(6)7/h2-12,15,22,33H,13-14,16H2,1H3,(H2,27,29)(H,28,31);(H,6,7). The van der Waals surface area contributed by atoms with E-state index >= 15 is 0 Å². The Hall–Kier alpha value is -5.12. The second-order valence-corrected chi connectivity index (χ2v) is 11.3. The lowest BCUT2D eigenvalue weighted by molar-refractivity contribution is -0.192. The van der Waals surface area contributed by atoms with Crippen molar-refractivity contribution in [2.24, 2.45) is 10.9 Å². The van der Waals surface area contributed by atoms with Gasteiger partial charge in [-0.05, 0) is 35.4 Å². The second kappa shape index (κ2) is 13.9. The molecule has 1 fully saturated rings. The summed E-state index contributed by atoms with van der Waals surface area (Å²) in [5.41, 5.74) is 8.60. The van der Waals surface area contributed by atoms with Crippen LogP contribution in [0.2, 0.25) is 0 Å². The maximum Gasteiger partial charge on any atom is 0.490 e. The summed E-state index contributed by atoms with van der Waals surface area (Å²) in [5, 5.41) is 21.9. The van der Waals surface area contributed by atoms with Crippen LogP contribution in [0, 0.1) is 0 Å². The van der Waals surface area contributed by atoms with Crippen LogP contribution in [0.15, 0.2) is 82.8 Å². The Morgan fingerprint density at radius 2 is 1.73 bits per heavy atom. The number of nitrogens with two attached hydrogens (primary N) is 1. The number of nitrogens with one attached hydrogen (secondary N) is 1. The molecule has 2 amide bonds. The number of ether oxygens (including phenoxy) is 1. The molecule has 234 valence electrons. The zero-order valence-electron chi connectivity index (χ0n) is 23.0. The summed E-state index contributed by atoms with van der Waals surface area (Å²) >= 11 is 0. The molecule has 3 aromatic rings. The van der Waals surface area contributed by atoms with Crippen molar-refractivity contribution in [1.82, 2.24) is 4.90 Å². The minimum atomic E-state index is -5.08. The van der Waals surface area contributed by atoms with E-state index in [1.165, 1.54) is 4.90 Å². The highest BCUT2D eigenvalue weighted by Gasteiger charge is 2.38. The first kappa shape index (κ1) is 33.4. The Kier molecular flexibility index (Phi) is 10.5. The fraction of sp³-hybridized carbons (Fsp3) is 0.214. The minimum Gasteiger partial charge on any atom is -0.475 e. The maximum absolute atomic E-state index is 13.3. The summed E-state index contributed by atoms with van der Waals surface area (Å²) in [6, 6.07) is 19.5. The third kappa shape index (κ3) is 8.70. The molecule has 0 saturated carbocycles. The molecule has 12 nitrogen and oxygen atoms in total. The maximum atomic E-state index is 13.3. The van der Waals surface area contributed by atoms with Crippen LogP contribution in [-0.2, 0) is 30.6 Å². The lowest BCUT2D eigenvalue weighted by Gasteiger charge is -2.25. The molecular formula is C28H27F3N4O8S. The first-order valence-corrected chi connectivity index (χ1v) is 14.5. The van der Waals surface area contributed by atoms with Crippen LogP contribution >= 0.6 is 0 Å². The van der Waals surface area contributed by atoms with Gasteiger partial charge in [0.15, 0.2) is 15.7 Å². The molecule has 0 radical (unpaired) electrons. The Labute approximate surface area is 249 Å². The van der Waals surface area contributed by atoms with Gasteiger partial charge in [0, 0.05) is 29.5 Å². The number of cyclic esters (lactones) is 1. The van der Waals surface area contributed by atoms with Crippen LogP contribution in [0.3, 0.4) is 0 Å². The first-order valence-electron chi connectivity index (χ1n) is 12.6. The monoisotopic (exact) mass is 636 g/mol. The molecule has 1 aliphatic rings. The number of carbonyl (C=O) groups excluding carboxylic acids is 2. The molecule has 1 atom stereocenters. The number of oxime groups is 1. The molecule has 1 saturated heterocycles. The van der Waals surface area contributed by atoms with Gasteiger partial charge in [0.05, 0.1) is 11.4 Å². The number of carboxylic acid groups (broad SMARTS) is 1. The molecule has 0 spiro atoms. The lowest BCUT2D eigenvalue weighted by Crippen LogP contribution is -2.46. The number of amidine groups is 1. The van der Waals surface area contributed by atoms with E-state index in [1.54, 1.807) is 72.8 Å². The number of halogens is 3. The summed E-state index contributed by atoms with van der Waals surface area (Å²) in [6.07, 6.45) is -4.34. The highest BCUT2D eigenvalue weighted by molar-refractivity contribution is 7.90. The molecule has 1 unspecified atom stereocenters. The van der Waals surface area contributed by atoms with Crippen molar-refractivity contribution in [2.45, 2.75) is 23.5 Å². The number of benzene rings is 3.